The minimum absolute atomic E-state index is 0.0427. The van der Waals surface area contributed by atoms with Crippen molar-refractivity contribution in [1.82, 2.24) is 14.7 Å². The van der Waals surface area contributed by atoms with Gasteiger partial charge in [-0.3, -0.25) is 14.3 Å². The highest BCUT2D eigenvalue weighted by Gasteiger charge is 2.31. The predicted molar refractivity (Wildman–Crippen MR) is 177 cm³/mol. The highest BCUT2D eigenvalue weighted by molar-refractivity contribution is 7.94. The maximum absolute atomic E-state index is 14.3. The summed E-state index contributed by atoms with van der Waals surface area (Å²) < 4.78 is 41.2. The van der Waals surface area contributed by atoms with Crippen LogP contribution in [0.2, 0.25) is 0 Å². The van der Waals surface area contributed by atoms with Crippen LogP contribution >= 0.6 is 11.3 Å². The molecule has 252 valence electrons. The second-order valence-corrected chi connectivity index (χ2v) is 15.1. The molecular weight excluding hydrogens is 617 g/mol. The Morgan fingerprint density at radius 3 is 2.62 bits per heavy atom. The third kappa shape index (κ3) is 11.0. The van der Waals surface area contributed by atoms with Gasteiger partial charge in [0, 0.05) is 44.8 Å². The van der Waals surface area contributed by atoms with Crippen molar-refractivity contribution in [1.29, 1.82) is 0 Å². The third-order valence-electron chi connectivity index (χ3n) is 7.94. The number of nitrogens with one attached hydrogen (secondary N) is 1. The minimum atomic E-state index is -3.84. The molecule has 0 saturated heterocycles. The first-order valence-electron chi connectivity index (χ1n) is 15.6. The first kappa shape index (κ1) is 36.8. The molecule has 1 aliphatic heterocycles. The Morgan fingerprint density at radius 1 is 1.20 bits per heavy atom. The van der Waals surface area contributed by atoms with Crippen molar-refractivity contribution in [3.05, 3.63) is 41.3 Å². The van der Waals surface area contributed by atoms with Crippen LogP contribution < -0.4 is 9.46 Å². The van der Waals surface area contributed by atoms with E-state index in [1.165, 1.54) is 12.1 Å². The summed E-state index contributed by atoms with van der Waals surface area (Å²) in [4.78, 5) is 32.5. The molecule has 2 heterocycles. The molecule has 1 aliphatic rings. The smallest absolute Gasteiger partial charge is 0.271 e. The second-order valence-electron chi connectivity index (χ2n) is 12.2. The number of amides is 2. The molecule has 0 saturated carbocycles. The predicted octanol–water partition coefficient (Wildman–Crippen LogP) is 4.14. The molecule has 0 aliphatic carbocycles. The number of likely N-dealkylation sites (N-methyl/N-ethyl adjacent to an activating group) is 1. The van der Waals surface area contributed by atoms with Crippen LogP contribution in [-0.4, -0.2) is 112 Å². The average Bonchev–Trinajstić information content (AvgIpc) is 3.54. The van der Waals surface area contributed by atoms with Crippen molar-refractivity contribution in [2.45, 2.75) is 75.3 Å². The van der Waals surface area contributed by atoms with E-state index >= 15 is 0 Å². The number of carbonyl (C=O) groups excluding carboxylic acids is 2. The Hall–Kier alpha value is -2.71. The number of anilines is 1. The van der Waals surface area contributed by atoms with Gasteiger partial charge in [0.2, 0.25) is 5.91 Å². The maximum atomic E-state index is 14.3. The summed E-state index contributed by atoms with van der Waals surface area (Å²) in [5.41, 5.74) is 0.427. The Balaban J connectivity index is 1.92. The lowest BCUT2D eigenvalue weighted by atomic mass is 10.0. The lowest BCUT2D eigenvalue weighted by molar-refractivity contribution is -0.132. The van der Waals surface area contributed by atoms with E-state index in [0.717, 1.165) is 43.6 Å². The molecule has 13 heteroatoms. The summed E-state index contributed by atoms with van der Waals surface area (Å²) in [7, 11) is 1.90. The lowest BCUT2D eigenvalue weighted by Gasteiger charge is -2.36. The first-order chi connectivity index (χ1) is 21.3. The van der Waals surface area contributed by atoms with E-state index in [1.807, 2.05) is 27.9 Å². The fourth-order valence-electron chi connectivity index (χ4n) is 5.18. The van der Waals surface area contributed by atoms with Gasteiger partial charge in [0.05, 0.1) is 30.4 Å². The topological polar surface area (TPSA) is 129 Å². The van der Waals surface area contributed by atoms with Gasteiger partial charge in [-0.2, -0.15) is 0 Å². The van der Waals surface area contributed by atoms with Crippen molar-refractivity contribution in [3.63, 3.8) is 0 Å². The molecule has 1 aromatic heterocycles. The number of thiophene rings is 1. The van der Waals surface area contributed by atoms with E-state index in [-0.39, 0.29) is 52.6 Å². The second kappa shape index (κ2) is 17.3. The van der Waals surface area contributed by atoms with Gasteiger partial charge in [-0.15, -0.1) is 11.3 Å². The zero-order valence-electron chi connectivity index (χ0n) is 27.4. The van der Waals surface area contributed by atoms with Gasteiger partial charge in [-0.1, -0.05) is 13.0 Å². The molecule has 2 amide bonds. The van der Waals surface area contributed by atoms with Gasteiger partial charge < -0.3 is 29.3 Å². The number of ether oxygens (including phenoxy) is 2. The molecule has 0 spiro atoms. The number of sulfonamides is 1. The summed E-state index contributed by atoms with van der Waals surface area (Å²) in [6.07, 6.45) is 3.03. The van der Waals surface area contributed by atoms with Gasteiger partial charge in [0.1, 0.15) is 9.96 Å². The molecule has 1 aromatic carbocycles. The fourth-order valence-corrected chi connectivity index (χ4v) is 7.22. The number of hydrogen-bond acceptors (Lipinski definition) is 9. The highest BCUT2D eigenvalue weighted by Crippen LogP contribution is 2.30. The SMILES string of the molecule is C[C@H]1CCCCO[C@H](CN(C)C(=O)CCCN(C)C)[C@@H](C)CN([C@@H](C)CO)C(=O)c2cc(NS(=O)(=O)c3cccs3)ccc2O1. The molecule has 4 atom stereocenters. The standard InChI is InChI=1S/C32H50N4O7S2/c1-23-20-36(24(2)22-37)32(39)27-19-26(33-45(40,41)31-13-10-18-44-31)14-15-28(27)43-25(3)11-7-8-17-42-29(23)21-35(6)30(38)12-9-16-34(4)5/h10,13-15,18-19,23-25,29,33,37H,7-9,11-12,16-17,20-22H2,1-6H3/t23-,24-,25-,29+/m0/s1. The van der Waals surface area contributed by atoms with Crippen molar-refractivity contribution in [2.24, 2.45) is 5.92 Å². The summed E-state index contributed by atoms with van der Waals surface area (Å²) in [5, 5.41) is 11.8. The molecular formula is C32H50N4O7S2. The summed E-state index contributed by atoms with van der Waals surface area (Å²) in [5.74, 6) is -0.193. The number of rotatable bonds is 11. The van der Waals surface area contributed by atoms with Crippen LogP contribution in [0, 0.1) is 5.92 Å². The van der Waals surface area contributed by atoms with Crippen LogP contribution in [0.5, 0.6) is 5.75 Å². The van der Waals surface area contributed by atoms with E-state index in [0.29, 0.717) is 25.3 Å². The largest absolute Gasteiger partial charge is 0.490 e. The molecule has 45 heavy (non-hydrogen) atoms. The molecule has 2 N–H and O–H groups in total. The zero-order chi connectivity index (χ0) is 33.1. The van der Waals surface area contributed by atoms with Crippen LogP contribution in [0.15, 0.2) is 39.9 Å². The summed E-state index contributed by atoms with van der Waals surface area (Å²) >= 11 is 1.10. The number of aliphatic hydroxyl groups excluding tert-OH is 1. The Morgan fingerprint density at radius 2 is 1.96 bits per heavy atom. The lowest BCUT2D eigenvalue weighted by Crippen LogP contribution is -2.48. The number of fused-ring (bicyclic) bond motifs is 1. The third-order valence-corrected chi connectivity index (χ3v) is 10.7. The normalized spacial score (nSPS) is 21.0. The Labute approximate surface area is 272 Å². The summed E-state index contributed by atoms with van der Waals surface area (Å²) in [6, 6.07) is 7.34. The maximum Gasteiger partial charge on any atom is 0.271 e. The molecule has 0 unspecified atom stereocenters. The van der Waals surface area contributed by atoms with Gasteiger partial charge in [-0.05, 0) is 89.8 Å². The highest BCUT2D eigenvalue weighted by atomic mass is 32.2. The minimum Gasteiger partial charge on any atom is -0.490 e. The van der Waals surface area contributed by atoms with Gasteiger partial charge in [0.15, 0.2) is 0 Å². The number of aliphatic hydroxyl groups is 1. The summed E-state index contributed by atoms with van der Waals surface area (Å²) in [6.45, 7) is 7.37. The van der Waals surface area contributed by atoms with Gasteiger partial charge in [-0.25, -0.2) is 8.42 Å². The monoisotopic (exact) mass is 666 g/mol. The van der Waals surface area contributed by atoms with E-state index < -0.39 is 22.0 Å². The van der Waals surface area contributed by atoms with E-state index in [1.54, 1.807) is 47.4 Å². The van der Waals surface area contributed by atoms with Crippen molar-refractivity contribution in [2.75, 3.05) is 58.7 Å². The molecule has 11 nitrogen and oxygen atoms in total. The van der Waals surface area contributed by atoms with Crippen LogP contribution in [0.4, 0.5) is 5.69 Å². The number of carbonyl (C=O) groups is 2. The van der Waals surface area contributed by atoms with E-state index in [4.69, 9.17) is 9.47 Å². The van der Waals surface area contributed by atoms with Crippen LogP contribution in [0.3, 0.4) is 0 Å². The van der Waals surface area contributed by atoms with Crippen molar-refractivity contribution < 1.29 is 32.6 Å². The Bertz CT molecular complexity index is 1340. The van der Waals surface area contributed by atoms with Gasteiger partial charge >= 0.3 is 0 Å². The van der Waals surface area contributed by atoms with Crippen molar-refractivity contribution in [3.8, 4) is 5.75 Å². The van der Waals surface area contributed by atoms with Crippen molar-refractivity contribution >= 4 is 38.9 Å². The molecule has 0 bridgehead atoms. The van der Waals surface area contributed by atoms with E-state index in [2.05, 4.69) is 9.62 Å². The van der Waals surface area contributed by atoms with Crippen LogP contribution in [0.1, 0.15) is 63.2 Å². The molecule has 0 radical (unpaired) electrons. The fraction of sp³-hybridized carbons (Fsp3) is 0.625. The van der Waals surface area contributed by atoms with Crippen LogP contribution in [-0.2, 0) is 19.6 Å². The quantitative estimate of drug-likeness (QED) is 0.366. The Kier molecular flexibility index (Phi) is 14.1. The average molecular weight is 667 g/mol. The molecule has 0 fully saturated rings. The molecule has 2 aromatic rings. The van der Waals surface area contributed by atoms with Gasteiger partial charge in [0.25, 0.3) is 15.9 Å². The van der Waals surface area contributed by atoms with Crippen LogP contribution in [0.25, 0.3) is 0 Å². The first-order valence-corrected chi connectivity index (χ1v) is 18.0. The van der Waals surface area contributed by atoms with E-state index in [9.17, 15) is 23.1 Å². The number of hydrogen-bond donors (Lipinski definition) is 2. The number of benzene rings is 1. The zero-order valence-corrected chi connectivity index (χ0v) is 29.0. The molecule has 3 rings (SSSR count). The number of nitrogens with zero attached hydrogens (tertiary/aromatic N) is 3.